The maximum absolute atomic E-state index is 11.6. The zero-order valence-corrected chi connectivity index (χ0v) is 10.7. The van der Waals surface area contributed by atoms with Gasteiger partial charge in [0.1, 0.15) is 6.04 Å². The summed E-state index contributed by atoms with van der Waals surface area (Å²) < 4.78 is 0. The average molecular weight is 275 g/mol. The van der Waals surface area contributed by atoms with Crippen molar-refractivity contribution in [3.05, 3.63) is 0 Å². The molecule has 0 spiro atoms. The summed E-state index contributed by atoms with van der Waals surface area (Å²) in [6.07, 6.45) is -0.651. The van der Waals surface area contributed by atoms with Gasteiger partial charge in [-0.05, 0) is 0 Å². The fraction of sp³-hybridized carbons (Fsp3) is 0.600. The van der Waals surface area contributed by atoms with Gasteiger partial charge in [-0.25, -0.2) is 9.59 Å². The summed E-state index contributed by atoms with van der Waals surface area (Å²) in [5.74, 6) is -3.03. The van der Waals surface area contributed by atoms with Crippen LogP contribution in [0.3, 0.4) is 0 Å². The molecule has 0 saturated carbocycles. The summed E-state index contributed by atoms with van der Waals surface area (Å²) in [6.45, 7) is 0.0882. The molecule has 0 aromatic heterocycles. The lowest BCUT2D eigenvalue weighted by Crippen LogP contribution is -2.48. The van der Waals surface area contributed by atoms with Gasteiger partial charge in [-0.15, -0.1) is 0 Å². The number of nitrogens with zero attached hydrogens (tertiary/aromatic N) is 1. The molecule has 0 aliphatic rings. The molecular formula is C10H17N3O6. The van der Waals surface area contributed by atoms with Gasteiger partial charge in [-0.1, -0.05) is 0 Å². The van der Waals surface area contributed by atoms with Crippen LogP contribution in [0.15, 0.2) is 0 Å². The Balaban J connectivity index is 4.35. The number of urea groups is 1. The van der Waals surface area contributed by atoms with Gasteiger partial charge in [0.15, 0.2) is 0 Å². The predicted octanol–water partition coefficient (Wildman–Crippen LogP) is -1.31. The van der Waals surface area contributed by atoms with Crippen LogP contribution in [0.25, 0.3) is 0 Å². The number of hydrogen-bond acceptors (Lipinski definition) is 4. The van der Waals surface area contributed by atoms with Crippen molar-refractivity contribution in [2.45, 2.75) is 18.9 Å². The minimum Gasteiger partial charge on any atom is -0.481 e. The van der Waals surface area contributed by atoms with Crippen molar-refractivity contribution in [2.75, 3.05) is 20.6 Å². The highest BCUT2D eigenvalue weighted by Crippen LogP contribution is 1.96. The average Bonchev–Trinajstić information content (AvgIpc) is 2.33. The Morgan fingerprint density at radius 3 is 2.21 bits per heavy atom. The summed E-state index contributed by atoms with van der Waals surface area (Å²) >= 11 is 0. The van der Waals surface area contributed by atoms with E-state index >= 15 is 0 Å². The van der Waals surface area contributed by atoms with E-state index in [9.17, 15) is 19.2 Å². The number of nitrogens with one attached hydrogen (secondary N) is 2. The number of carboxylic acid groups (broad SMARTS) is 2. The summed E-state index contributed by atoms with van der Waals surface area (Å²) in [5, 5.41) is 21.7. The Morgan fingerprint density at radius 2 is 1.79 bits per heavy atom. The van der Waals surface area contributed by atoms with Crippen LogP contribution in [-0.4, -0.2) is 65.7 Å². The molecule has 0 radical (unpaired) electrons. The first-order chi connectivity index (χ1) is 8.77. The molecule has 0 heterocycles. The van der Waals surface area contributed by atoms with Gasteiger partial charge in [0.2, 0.25) is 5.91 Å². The van der Waals surface area contributed by atoms with Gasteiger partial charge >= 0.3 is 18.0 Å². The molecule has 19 heavy (non-hydrogen) atoms. The number of hydrogen-bond donors (Lipinski definition) is 4. The number of rotatable bonds is 7. The topological polar surface area (TPSA) is 136 Å². The van der Waals surface area contributed by atoms with Crippen molar-refractivity contribution in [3.63, 3.8) is 0 Å². The highest BCUT2D eigenvalue weighted by atomic mass is 16.4. The number of aliphatic carboxylic acids is 2. The molecule has 108 valence electrons. The molecule has 3 amide bonds. The van der Waals surface area contributed by atoms with Gasteiger partial charge < -0.3 is 25.7 Å². The second-order valence-electron chi connectivity index (χ2n) is 3.78. The molecule has 1 atom stereocenters. The van der Waals surface area contributed by atoms with E-state index in [4.69, 9.17) is 10.2 Å². The number of amides is 3. The highest BCUT2D eigenvalue weighted by molar-refractivity contribution is 5.86. The molecule has 9 heteroatoms. The quantitative estimate of drug-likeness (QED) is 0.455. The SMILES string of the molecule is CNC(=O)CCN(C)C(=O)N[C@H](CC(=O)O)C(=O)O. The number of carbonyl (C=O) groups excluding carboxylic acids is 2. The second-order valence-corrected chi connectivity index (χ2v) is 3.78. The second kappa shape index (κ2) is 7.90. The zero-order valence-electron chi connectivity index (χ0n) is 10.7. The smallest absolute Gasteiger partial charge is 0.326 e. The summed E-state index contributed by atoms with van der Waals surface area (Å²) in [5.41, 5.74) is 0. The Kier molecular flexibility index (Phi) is 6.94. The third-order valence-electron chi connectivity index (χ3n) is 2.27. The van der Waals surface area contributed by atoms with E-state index in [1.54, 1.807) is 0 Å². The summed E-state index contributed by atoms with van der Waals surface area (Å²) in [6, 6.07) is -2.26. The maximum Gasteiger partial charge on any atom is 0.326 e. The van der Waals surface area contributed by atoms with Crippen molar-refractivity contribution < 1.29 is 29.4 Å². The first-order valence-corrected chi connectivity index (χ1v) is 5.44. The molecular weight excluding hydrogens is 258 g/mol. The van der Waals surface area contributed by atoms with Crippen LogP contribution in [0.5, 0.6) is 0 Å². The van der Waals surface area contributed by atoms with E-state index < -0.39 is 30.4 Å². The van der Waals surface area contributed by atoms with Gasteiger partial charge in [0.05, 0.1) is 6.42 Å². The highest BCUT2D eigenvalue weighted by Gasteiger charge is 2.24. The van der Waals surface area contributed by atoms with Crippen LogP contribution in [0.4, 0.5) is 4.79 Å². The minimum absolute atomic E-state index is 0.0666. The predicted molar refractivity (Wildman–Crippen MR) is 63.5 cm³/mol. The monoisotopic (exact) mass is 275 g/mol. The summed E-state index contributed by atoms with van der Waals surface area (Å²) in [7, 11) is 2.83. The Hall–Kier alpha value is -2.32. The third kappa shape index (κ3) is 6.86. The van der Waals surface area contributed by atoms with Crippen LogP contribution in [0, 0.1) is 0 Å². The minimum atomic E-state index is -1.51. The lowest BCUT2D eigenvalue weighted by Gasteiger charge is -2.20. The van der Waals surface area contributed by atoms with Crippen LogP contribution in [0.2, 0.25) is 0 Å². The summed E-state index contributed by atoms with van der Waals surface area (Å²) in [4.78, 5) is 44.8. The van der Waals surface area contributed by atoms with Crippen molar-refractivity contribution in [3.8, 4) is 0 Å². The molecule has 0 bridgehead atoms. The maximum atomic E-state index is 11.6. The van der Waals surface area contributed by atoms with E-state index in [1.165, 1.54) is 14.1 Å². The van der Waals surface area contributed by atoms with Crippen molar-refractivity contribution >= 4 is 23.9 Å². The van der Waals surface area contributed by atoms with Crippen LogP contribution in [0.1, 0.15) is 12.8 Å². The molecule has 0 aliphatic carbocycles. The van der Waals surface area contributed by atoms with Gasteiger partial charge in [0.25, 0.3) is 0 Å². The number of carbonyl (C=O) groups is 4. The number of carboxylic acids is 2. The van der Waals surface area contributed by atoms with Gasteiger partial charge in [0, 0.05) is 27.1 Å². The normalized spacial score (nSPS) is 11.3. The molecule has 0 fully saturated rings. The molecule has 0 rings (SSSR count). The van der Waals surface area contributed by atoms with Crippen LogP contribution < -0.4 is 10.6 Å². The van der Waals surface area contributed by atoms with Gasteiger partial charge in [-0.2, -0.15) is 0 Å². The third-order valence-corrected chi connectivity index (χ3v) is 2.27. The largest absolute Gasteiger partial charge is 0.481 e. The zero-order chi connectivity index (χ0) is 15.0. The first kappa shape index (κ1) is 16.7. The van der Waals surface area contributed by atoms with Crippen LogP contribution in [-0.2, 0) is 14.4 Å². The van der Waals surface area contributed by atoms with Gasteiger partial charge in [-0.3, -0.25) is 9.59 Å². The lowest BCUT2D eigenvalue weighted by molar-refractivity contribution is -0.145. The molecule has 0 saturated heterocycles. The van der Waals surface area contributed by atoms with Crippen molar-refractivity contribution in [1.29, 1.82) is 0 Å². The molecule has 9 nitrogen and oxygen atoms in total. The van der Waals surface area contributed by atoms with Crippen LogP contribution >= 0.6 is 0 Å². The Morgan fingerprint density at radius 1 is 1.21 bits per heavy atom. The van der Waals surface area contributed by atoms with E-state index in [0.29, 0.717) is 0 Å². The van der Waals surface area contributed by atoms with Crippen molar-refractivity contribution in [1.82, 2.24) is 15.5 Å². The van der Waals surface area contributed by atoms with E-state index in [2.05, 4.69) is 10.6 Å². The fourth-order valence-corrected chi connectivity index (χ4v) is 1.13. The Labute approximate surface area is 109 Å². The molecule has 4 N–H and O–H groups in total. The van der Waals surface area contributed by atoms with Crippen molar-refractivity contribution in [2.24, 2.45) is 0 Å². The first-order valence-electron chi connectivity index (χ1n) is 5.44. The molecule has 0 unspecified atom stereocenters. The van der Waals surface area contributed by atoms with E-state index in [0.717, 1.165) is 4.90 Å². The molecule has 0 aromatic rings. The lowest BCUT2D eigenvalue weighted by atomic mass is 10.2. The fourth-order valence-electron chi connectivity index (χ4n) is 1.13. The van der Waals surface area contributed by atoms with E-state index in [-0.39, 0.29) is 18.9 Å². The molecule has 0 aliphatic heterocycles. The Bertz CT molecular complexity index is 370. The molecule has 0 aromatic carbocycles. The standard InChI is InChI=1S/C10H17N3O6/c1-11-7(14)3-4-13(2)10(19)12-6(9(17)18)5-8(15)16/h6H,3-5H2,1-2H3,(H,11,14)(H,12,19)(H,15,16)(H,17,18)/t6-/m1/s1. The van der Waals surface area contributed by atoms with E-state index in [1.807, 2.05) is 0 Å².